The summed E-state index contributed by atoms with van der Waals surface area (Å²) in [4.78, 5) is 19.8. The van der Waals surface area contributed by atoms with Crippen molar-refractivity contribution >= 4 is 34.6 Å². The summed E-state index contributed by atoms with van der Waals surface area (Å²) >= 11 is 1.34. The minimum absolute atomic E-state index is 0.0596. The highest BCUT2D eigenvalue weighted by Gasteiger charge is 2.32. The van der Waals surface area contributed by atoms with E-state index >= 15 is 0 Å². The highest BCUT2D eigenvalue weighted by atomic mass is 32.2. The van der Waals surface area contributed by atoms with E-state index in [1.807, 2.05) is 31.2 Å². The number of rotatable bonds is 6. The minimum atomic E-state index is -0.0776. The van der Waals surface area contributed by atoms with Crippen molar-refractivity contribution in [1.82, 2.24) is 4.90 Å². The predicted octanol–water partition coefficient (Wildman–Crippen LogP) is 4.42. The first-order chi connectivity index (χ1) is 13.5. The Hall–Kier alpha value is -2.93. The van der Waals surface area contributed by atoms with Gasteiger partial charge in [-0.2, -0.15) is 0 Å². The van der Waals surface area contributed by atoms with Gasteiger partial charge in [-0.25, -0.2) is 4.99 Å². The largest absolute Gasteiger partial charge is 0.504 e. The zero-order valence-corrected chi connectivity index (χ0v) is 16.8. The molecule has 28 heavy (non-hydrogen) atoms. The van der Waals surface area contributed by atoms with E-state index in [2.05, 4.69) is 4.99 Å². The molecule has 1 fully saturated rings. The van der Waals surface area contributed by atoms with E-state index in [0.717, 1.165) is 23.4 Å². The SMILES string of the molecule is CCCN1C(=O)/C(=C\c2ccc(O)c(OC)c2)SC1=Nc1ccc(OC)cc1. The summed E-state index contributed by atoms with van der Waals surface area (Å²) in [6, 6.07) is 12.4. The van der Waals surface area contributed by atoms with Crippen molar-refractivity contribution in [2.45, 2.75) is 13.3 Å². The lowest BCUT2D eigenvalue weighted by Crippen LogP contribution is -2.29. The smallest absolute Gasteiger partial charge is 0.266 e. The number of methoxy groups -OCH3 is 2. The van der Waals surface area contributed by atoms with Gasteiger partial charge in [0.2, 0.25) is 0 Å². The molecule has 3 rings (SSSR count). The van der Waals surface area contributed by atoms with Gasteiger partial charge < -0.3 is 14.6 Å². The van der Waals surface area contributed by atoms with Gasteiger partial charge in [-0.1, -0.05) is 13.0 Å². The number of phenolic OH excluding ortho intramolecular Hbond substituents is 1. The standard InChI is InChI=1S/C21H22N2O4S/c1-4-11-23-20(25)19(13-14-5-10-17(24)18(12-14)27-3)28-21(23)22-15-6-8-16(26-2)9-7-15/h5-10,12-13,24H,4,11H2,1-3H3/b19-13+,22-21?. The van der Waals surface area contributed by atoms with Crippen LogP contribution in [0.1, 0.15) is 18.9 Å². The first-order valence-corrected chi connectivity index (χ1v) is 9.68. The fourth-order valence-electron chi connectivity index (χ4n) is 2.71. The molecule has 2 aromatic rings. The molecule has 0 radical (unpaired) electrons. The fraction of sp³-hybridized carbons (Fsp3) is 0.238. The van der Waals surface area contributed by atoms with Crippen LogP contribution in [0.5, 0.6) is 17.2 Å². The average molecular weight is 398 g/mol. The Balaban J connectivity index is 1.92. The molecule has 1 aliphatic heterocycles. The van der Waals surface area contributed by atoms with Gasteiger partial charge in [-0.3, -0.25) is 9.69 Å². The van der Waals surface area contributed by atoms with Crippen LogP contribution < -0.4 is 9.47 Å². The Morgan fingerprint density at radius 1 is 1.14 bits per heavy atom. The van der Waals surface area contributed by atoms with E-state index in [1.54, 1.807) is 36.3 Å². The topological polar surface area (TPSA) is 71.4 Å². The second-order valence-corrected chi connectivity index (χ2v) is 7.10. The molecule has 0 spiro atoms. The lowest BCUT2D eigenvalue weighted by Gasteiger charge is -2.14. The third-order valence-electron chi connectivity index (χ3n) is 4.13. The maximum atomic E-state index is 12.9. The number of thioether (sulfide) groups is 1. The Labute approximate surface area is 168 Å². The summed E-state index contributed by atoms with van der Waals surface area (Å²) in [6.07, 6.45) is 2.61. The molecule has 1 N–H and O–H groups in total. The molecule has 1 aliphatic rings. The molecule has 6 nitrogen and oxygen atoms in total. The number of amides is 1. The zero-order valence-electron chi connectivity index (χ0n) is 16.0. The molecule has 0 aliphatic carbocycles. The van der Waals surface area contributed by atoms with Crippen LogP contribution in [0.3, 0.4) is 0 Å². The molecule has 1 heterocycles. The number of ether oxygens (including phenoxy) is 2. The summed E-state index contributed by atoms with van der Waals surface area (Å²) in [5, 5.41) is 10.4. The van der Waals surface area contributed by atoms with E-state index in [0.29, 0.717) is 22.4 Å². The number of hydrogen-bond donors (Lipinski definition) is 1. The number of hydrogen-bond acceptors (Lipinski definition) is 6. The molecule has 1 amide bonds. The van der Waals surface area contributed by atoms with Gasteiger partial charge in [0.15, 0.2) is 16.7 Å². The predicted molar refractivity (Wildman–Crippen MR) is 112 cm³/mol. The van der Waals surface area contributed by atoms with E-state index in [1.165, 1.54) is 18.9 Å². The highest BCUT2D eigenvalue weighted by molar-refractivity contribution is 8.18. The number of amidine groups is 1. The van der Waals surface area contributed by atoms with Crippen LogP contribution in [0.25, 0.3) is 6.08 Å². The van der Waals surface area contributed by atoms with Crippen LogP contribution in [-0.4, -0.2) is 41.8 Å². The number of carbonyl (C=O) groups is 1. The molecule has 2 aromatic carbocycles. The molecule has 0 aromatic heterocycles. The minimum Gasteiger partial charge on any atom is -0.504 e. The number of phenols is 1. The van der Waals surface area contributed by atoms with Gasteiger partial charge >= 0.3 is 0 Å². The molecular weight excluding hydrogens is 376 g/mol. The van der Waals surface area contributed by atoms with Crippen LogP contribution in [0.4, 0.5) is 5.69 Å². The van der Waals surface area contributed by atoms with E-state index in [9.17, 15) is 9.90 Å². The third-order valence-corrected chi connectivity index (χ3v) is 5.14. The van der Waals surface area contributed by atoms with E-state index in [-0.39, 0.29) is 11.7 Å². The summed E-state index contributed by atoms with van der Waals surface area (Å²) in [7, 11) is 3.11. The van der Waals surface area contributed by atoms with Crippen LogP contribution in [0, 0.1) is 0 Å². The van der Waals surface area contributed by atoms with Crippen LogP contribution in [-0.2, 0) is 4.79 Å². The molecule has 0 unspecified atom stereocenters. The maximum Gasteiger partial charge on any atom is 0.266 e. The number of aliphatic imine (C=N–C) groups is 1. The summed E-state index contributed by atoms with van der Waals surface area (Å²) in [5.41, 5.74) is 1.53. The highest BCUT2D eigenvalue weighted by Crippen LogP contribution is 2.35. The fourth-order valence-corrected chi connectivity index (χ4v) is 3.74. The number of carbonyl (C=O) groups excluding carboxylic acids is 1. The van der Waals surface area contributed by atoms with Crippen molar-refractivity contribution < 1.29 is 19.4 Å². The average Bonchev–Trinajstić information content (AvgIpc) is 2.99. The second kappa shape index (κ2) is 8.84. The number of benzene rings is 2. The van der Waals surface area contributed by atoms with Crippen LogP contribution in [0.15, 0.2) is 52.4 Å². The van der Waals surface area contributed by atoms with Crippen LogP contribution >= 0.6 is 11.8 Å². The lowest BCUT2D eigenvalue weighted by molar-refractivity contribution is -0.122. The monoisotopic (exact) mass is 398 g/mol. The molecule has 7 heteroatoms. The Kier molecular flexibility index (Phi) is 6.26. The molecule has 0 bridgehead atoms. The zero-order chi connectivity index (χ0) is 20.1. The van der Waals surface area contributed by atoms with Gasteiger partial charge in [0.1, 0.15) is 5.75 Å². The molecule has 0 atom stereocenters. The maximum absolute atomic E-state index is 12.9. The summed E-state index contributed by atoms with van der Waals surface area (Å²) in [6.45, 7) is 2.62. The first-order valence-electron chi connectivity index (χ1n) is 8.87. The van der Waals surface area contributed by atoms with Crippen LogP contribution in [0.2, 0.25) is 0 Å². The van der Waals surface area contributed by atoms with Crippen molar-refractivity contribution in [3.8, 4) is 17.2 Å². The molecular formula is C21H22N2O4S. The van der Waals surface area contributed by atoms with Crippen molar-refractivity contribution in [1.29, 1.82) is 0 Å². The van der Waals surface area contributed by atoms with Gasteiger partial charge in [-0.15, -0.1) is 0 Å². The summed E-state index contributed by atoms with van der Waals surface area (Å²) in [5.74, 6) is 1.10. The summed E-state index contributed by atoms with van der Waals surface area (Å²) < 4.78 is 10.3. The van der Waals surface area contributed by atoms with Gasteiger partial charge in [-0.05, 0) is 66.2 Å². The van der Waals surface area contributed by atoms with Crippen molar-refractivity contribution in [3.05, 3.63) is 52.9 Å². The number of nitrogens with zero attached hydrogens (tertiary/aromatic N) is 2. The third kappa shape index (κ3) is 4.31. The molecule has 146 valence electrons. The van der Waals surface area contributed by atoms with Crippen molar-refractivity contribution in [2.75, 3.05) is 20.8 Å². The van der Waals surface area contributed by atoms with Crippen molar-refractivity contribution in [2.24, 2.45) is 4.99 Å². The molecule has 1 saturated heterocycles. The first kappa shape index (κ1) is 19.8. The van der Waals surface area contributed by atoms with E-state index in [4.69, 9.17) is 9.47 Å². The van der Waals surface area contributed by atoms with Gasteiger partial charge in [0.25, 0.3) is 5.91 Å². The number of aromatic hydroxyl groups is 1. The lowest BCUT2D eigenvalue weighted by atomic mass is 10.2. The Bertz CT molecular complexity index is 923. The van der Waals surface area contributed by atoms with Gasteiger partial charge in [0, 0.05) is 6.54 Å². The normalized spacial score (nSPS) is 16.8. The van der Waals surface area contributed by atoms with Gasteiger partial charge in [0.05, 0.1) is 24.8 Å². The second-order valence-electron chi connectivity index (χ2n) is 6.09. The quantitative estimate of drug-likeness (QED) is 0.729. The molecule has 0 saturated carbocycles. The Morgan fingerprint density at radius 3 is 2.54 bits per heavy atom. The van der Waals surface area contributed by atoms with Crippen molar-refractivity contribution in [3.63, 3.8) is 0 Å². The Morgan fingerprint density at radius 2 is 1.89 bits per heavy atom. The van der Waals surface area contributed by atoms with E-state index < -0.39 is 0 Å².